The van der Waals surface area contributed by atoms with Crippen LogP contribution in [0.4, 0.5) is 0 Å². The molecule has 1 aromatic carbocycles. The molecule has 0 saturated carbocycles. The highest BCUT2D eigenvalue weighted by atomic mass is 16.3. The molecule has 1 fully saturated rings. The summed E-state index contributed by atoms with van der Waals surface area (Å²) in [6.45, 7) is 1.56. The number of aromatic amines is 1. The first-order valence-electron chi connectivity index (χ1n) is 7.21. The van der Waals surface area contributed by atoms with Gasteiger partial charge in [0.2, 0.25) is 0 Å². The van der Waals surface area contributed by atoms with Gasteiger partial charge in [-0.1, -0.05) is 12.1 Å². The number of β-amino-alcohol motifs (C(OH)–C–C–N with tert-alkyl or cyclic N) is 1. The zero-order valence-electron chi connectivity index (χ0n) is 12.5. The van der Waals surface area contributed by atoms with Gasteiger partial charge in [0.15, 0.2) is 0 Å². The Balaban J connectivity index is 1.82. The summed E-state index contributed by atoms with van der Waals surface area (Å²) < 4.78 is 0. The van der Waals surface area contributed by atoms with E-state index in [2.05, 4.69) is 4.98 Å². The first kappa shape index (κ1) is 14.1. The number of H-pyrrole nitrogens is 1. The number of carbonyl (C=O) groups excluding carboxylic acids is 1. The number of nitrogens with zero attached hydrogens (tertiary/aromatic N) is 2. The van der Waals surface area contributed by atoms with Crippen LogP contribution in [0.25, 0.3) is 10.9 Å². The van der Waals surface area contributed by atoms with Crippen LogP contribution in [0.5, 0.6) is 0 Å². The topological polar surface area (TPSA) is 59.6 Å². The molecule has 112 valence electrons. The molecule has 1 aromatic heterocycles. The third kappa shape index (κ3) is 2.66. The summed E-state index contributed by atoms with van der Waals surface area (Å²) in [6.07, 6.45) is 2.46. The molecule has 5 heteroatoms. The van der Waals surface area contributed by atoms with E-state index >= 15 is 0 Å². The number of aromatic nitrogens is 1. The smallest absolute Gasteiger partial charge is 0.256 e. The zero-order chi connectivity index (χ0) is 15.0. The Hall–Kier alpha value is -1.85. The fraction of sp³-hybridized carbons (Fsp3) is 0.438. The molecule has 1 amide bonds. The number of hydrogen-bond donors (Lipinski definition) is 2. The highest BCUT2D eigenvalue weighted by Gasteiger charge is 2.39. The largest absolute Gasteiger partial charge is 0.387 e. The lowest BCUT2D eigenvalue weighted by Crippen LogP contribution is -2.43. The van der Waals surface area contributed by atoms with Gasteiger partial charge in [-0.15, -0.1) is 0 Å². The van der Waals surface area contributed by atoms with Gasteiger partial charge in [-0.25, -0.2) is 0 Å². The quantitative estimate of drug-likeness (QED) is 0.895. The van der Waals surface area contributed by atoms with Crippen molar-refractivity contribution in [2.75, 3.05) is 33.7 Å². The Morgan fingerprint density at radius 3 is 3.00 bits per heavy atom. The van der Waals surface area contributed by atoms with Gasteiger partial charge in [0, 0.05) is 24.7 Å². The second kappa shape index (κ2) is 5.16. The monoisotopic (exact) mass is 287 g/mol. The molecule has 5 nitrogen and oxygen atoms in total. The summed E-state index contributed by atoms with van der Waals surface area (Å²) in [7, 11) is 3.87. The van der Waals surface area contributed by atoms with Crippen molar-refractivity contribution in [1.82, 2.24) is 14.8 Å². The van der Waals surface area contributed by atoms with Crippen molar-refractivity contribution < 1.29 is 9.90 Å². The van der Waals surface area contributed by atoms with Gasteiger partial charge in [0.05, 0.1) is 23.2 Å². The van der Waals surface area contributed by atoms with Crippen LogP contribution in [0.1, 0.15) is 16.8 Å². The Morgan fingerprint density at radius 1 is 1.43 bits per heavy atom. The standard InChI is InChI=1S/C16H21N3O2/c1-18(2)10-16(21)7-9-19(11-16)15(20)13-5-3-4-12-6-8-17-14(12)13/h3-6,8,17,21H,7,9-11H2,1-2H3/t16-/m1/s1. The van der Waals surface area contributed by atoms with E-state index < -0.39 is 5.60 Å². The second-order valence-electron chi connectivity index (χ2n) is 6.19. The molecule has 2 aromatic rings. The van der Waals surface area contributed by atoms with Crippen molar-refractivity contribution in [2.45, 2.75) is 12.0 Å². The number of fused-ring (bicyclic) bond motifs is 1. The van der Waals surface area contributed by atoms with Crippen molar-refractivity contribution >= 4 is 16.8 Å². The lowest BCUT2D eigenvalue weighted by Gasteiger charge is -2.26. The number of nitrogens with one attached hydrogen (secondary N) is 1. The third-order valence-corrected chi connectivity index (χ3v) is 4.05. The van der Waals surface area contributed by atoms with E-state index in [0.717, 1.165) is 10.9 Å². The fourth-order valence-corrected chi connectivity index (χ4v) is 3.18. The minimum absolute atomic E-state index is 0.0160. The van der Waals surface area contributed by atoms with E-state index in [9.17, 15) is 9.90 Å². The van der Waals surface area contributed by atoms with Crippen LogP contribution in [0.3, 0.4) is 0 Å². The van der Waals surface area contributed by atoms with Crippen molar-refractivity contribution in [3.63, 3.8) is 0 Å². The number of likely N-dealkylation sites (tertiary alicyclic amines) is 1. The summed E-state index contributed by atoms with van der Waals surface area (Å²) >= 11 is 0. The molecule has 0 spiro atoms. The lowest BCUT2D eigenvalue weighted by atomic mass is 10.0. The van der Waals surface area contributed by atoms with Crippen molar-refractivity contribution in [1.29, 1.82) is 0 Å². The molecule has 0 aliphatic carbocycles. The maximum atomic E-state index is 12.7. The molecule has 1 atom stereocenters. The Morgan fingerprint density at radius 2 is 2.24 bits per heavy atom. The maximum Gasteiger partial charge on any atom is 0.256 e. The molecule has 1 saturated heterocycles. The number of rotatable bonds is 3. The summed E-state index contributed by atoms with van der Waals surface area (Å²) in [5.74, 6) is -0.0160. The average Bonchev–Trinajstić information content (AvgIpc) is 3.03. The van der Waals surface area contributed by atoms with E-state index in [-0.39, 0.29) is 5.91 Å². The lowest BCUT2D eigenvalue weighted by molar-refractivity contribution is 0.0236. The summed E-state index contributed by atoms with van der Waals surface area (Å²) in [5.41, 5.74) is 0.736. The number of aliphatic hydroxyl groups is 1. The van der Waals surface area contributed by atoms with Crippen LogP contribution in [0.2, 0.25) is 0 Å². The minimum Gasteiger partial charge on any atom is -0.387 e. The molecule has 3 rings (SSSR count). The molecule has 0 unspecified atom stereocenters. The minimum atomic E-state index is -0.803. The van der Waals surface area contributed by atoms with Crippen LogP contribution < -0.4 is 0 Å². The fourth-order valence-electron chi connectivity index (χ4n) is 3.18. The van der Waals surface area contributed by atoms with E-state index in [1.807, 2.05) is 49.5 Å². The van der Waals surface area contributed by atoms with E-state index in [0.29, 0.717) is 31.6 Å². The molecule has 2 N–H and O–H groups in total. The zero-order valence-corrected chi connectivity index (χ0v) is 12.5. The van der Waals surface area contributed by atoms with Crippen molar-refractivity contribution in [3.05, 3.63) is 36.0 Å². The van der Waals surface area contributed by atoms with Crippen LogP contribution in [0, 0.1) is 0 Å². The van der Waals surface area contributed by atoms with Crippen molar-refractivity contribution in [3.8, 4) is 0 Å². The Bertz CT molecular complexity index is 664. The Kier molecular flexibility index (Phi) is 3.47. The number of carbonyl (C=O) groups is 1. The highest BCUT2D eigenvalue weighted by molar-refractivity contribution is 6.05. The SMILES string of the molecule is CN(C)C[C@]1(O)CCN(C(=O)c2cccc3cc[nH]c23)C1. The maximum absolute atomic E-state index is 12.7. The van der Waals surface area contributed by atoms with Crippen molar-refractivity contribution in [2.24, 2.45) is 0 Å². The summed E-state index contributed by atoms with van der Waals surface area (Å²) in [4.78, 5) is 19.5. The van der Waals surface area contributed by atoms with Gasteiger partial charge < -0.3 is 19.9 Å². The van der Waals surface area contributed by atoms with Crippen LogP contribution in [-0.4, -0.2) is 65.1 Å². The molecule has 2 heterocycles. The van der Waals surface area contributed by atoms with Gasteiger partial charge in [0.1, 0.15) is 0 Å². The summed E-state index contributed by atoms with van der Waals surface area (Å²) in [5, 5.41) is 11.6. The van der Waals surface area contributed by atoms with Crippen LogP contribution in [-0.2, 0) is 0 Å². The molecule has 0 bridgehead atoms. The van der Waals surface area contributed by atoms with Gasteiger partial charge in [0.25, 0.3) is 5.91 Å². The predicted octanol–water partition coefficient (Wildman–Crippen LogP) is 1.31. The first-order valence-corrected chi connectivity index (χ1v) is 7.21. The van der Waals surface area contributed by atoms with Crippen LogP contribution >= 0.6 is 0 Å². The molecule has 1 aliphatic rings. The third-order valence-electron chi connectivity index (χ3n) is 4.05. The van der Waals surface area contributed by atoms with Gasteiger partial charge in [-0.2, -0.15) is 0 Å². The van der Waals surface area contributed by atoms with Gasteiger partial charge in [-0.05, 0) is 32.6 Å². The Labute approximate surface area is 124 Å². The average molecular weight is 287 g/mol. The number of amides is 1. The predicted molar refractivity (Wildman–Crippen MR) is 82.3 cm³/mol. The molecule has 1 aliphatic heterocycles. The number of benzene rings is 1. The molecule has 21 heavy (non-hydrogen) atoms. The molecule has 0 radical (unpaired) electrons. The highest BCUT2D eigenvalue weighted by Crippen LogP contribution is 2.25. The van der Waals surface area contributed by atoms with E-state index in [1.54, 1.807) is 4.90 Å². The van der Waals surface area contributed by atoms with Gasteiger partial charge in [-0.3, -0.25) is 4.79 Å². The van der Waals surface area contributed by atoms with E-state index in [4.69, 9.17) is 0 Å². The van der Waals surface area contributed by atoms with E-state index in [1.165, 1.54) is 0 Å². The molecular formula is C16H21N3O2. The first-order chi connectivity index (χ1) is 9.98. The molecular weight excluding hydrogens is 266 g/mol. The van der Waals surface area contributed by atoms with Crippen LogP contribution in [0.15, 0.2) is 30.5 Å². The van der Waals surface area contributed by atoms with Gasteiger partial charge >= 0.3 is 0 Å². The second-order valence-corrected chi connectivity index (χ2v) is 6.19. The number of para-hydroxylation sites is 1. The summed E-state index contributed by atoms with van der Waals surface area (Å²) in [6, 6.07) is 7.67. The normalized spacial score (nSPS) is 22.4. The number of hydrogen-bond acceptors (Lipinski definition) is 3. The number of likely N-dealkylation sites (N-methyl/N-ethyl adjacent to an activating group) is 1.